The zero-order chi connectivity index (χ0) is 40.0. The van der Waals surface area contributed by atoms with Crippen molar-refractivity contribution in [1.29, 1.82) is 0 Å². The van der Waals surface area contributed by atoms with Gasteiger partial charge in [0.05, 0.1) is 17.1 Å². The van der Waals surface area contributed by atoms with Gasteiger partial charge in [-0.1, -0.05) is 92.6 Å². The van der Waals surface area contributed by atoms with Gasteiger partial charge in [0.15, 0.2) is 11.5 Å². The lowest BCUT2D eigenvalue weighted by atomic mass is 9.36. The number of aryl methyl sites for hydroxylation is 4. The Morgan fingerprint density at radius 3 is 1.80 bits per heavy atom. The normalized spacial score (nSPS) is 14.7. The number of nitrogens with zero attached hydrogens (tertiary/aromatic N) is 2. The second-order valence-corrected chi connectivity index (χ2v) is 20.8. The van der Waals surface area contributed by atoms with Crippen LogP contribution in [-0.4, -0.2) is 13.5 Å². The Hall–Kier alpha value is -4.68. The van der Waals surface area contributed by atoms with E-state index in [1.165, 1.54) is 93.2 Å². The fourth-order valence-corrected chi connectivity index (χ4v) is 10.8. The third-order valence-corrected chi connectivity index (χ3v) is 13.6. The Morgan fingerprint density at radius 2 is 1.16 bits per heavy atom. The summed E-state index contributed by atoms with van der Waals surface area (Å²) >= 11 is 1.98. The van der Waals surface area contributed by atoms with Gasteiger partial charge in [0.2, 0.25) is 6.79 Å². The van der Waals surface area contributed by atoms with Crippen molar-refractivity contribution in [2.75, 3.05) is 16.6 Å². The van der Waals surface area contributed by atoms with Gasteiger partial charge < -0.3 is 19.3 Å². The third-order valence-electron chi connectivity index (χ3n) is 12.4. The van der Waals surface area contributed by atoms with E-state index in [0.29, 0.717) is 0 Å². The molecule has 0 N–H and O–H groups in total. The summed E-state index contributed by atoms with van der Waals surface area (Å²) in [5, 5.41) is 1.34. The summed E-state index contributed by atoms with van der Waals surface area (Å²) < 4.78 is 14.8. The maximum atomic E-state index is 6.15. The molecule has 6 heteroatoms. The van der Waals surface area contributed by atoms with Gasteiger partial charge in [0.1, 0.15) is 0 Å². The molecule has 56 heavy (non-hydrogen) atoms. The van der Waals surface area contributed by atoms with E-state index in [2.05, 4.69) is 173 Å². The summed E-state index contributed by atoms with van der Waals surface area (Å²) in [6.07, 6.45) is 0. The van der Waals surface area contributed by atoms with Crippen molar-refractivity contribution >= 4 is 78.0 Å². The van der Waals surface area contributed by atoms with Crippen LogP contribution in [0.25, 0.3) is 10.1 Å². The van der Waals surface area contributed by atoms with Crippen molar-refractivity contribution in [2.45, 2.75) is 113 Å². The fraction of sp³-hybridized carbons (Fsp3) is 0.360. The smallest absolute Gasteiger partial charge is 0.264 e. The van der Waals surface area contributed by atoms with E-state index in [4.69, 9.17) is 9.47 Å². The first kappa shape index (κ1) is 36.9. The molecular weight excluding hydrogens is 703 g/mol. The quantitative estimate of drug-likeness (QED) is 0.164. The van der Waals surface area contributed by atoms with E-state index in [0.717, 1.165) is 22.7 Å². The van der Waals surface area contributed by atoms with Gasteiger partial charge in [-0.3, -0.25) is 0 Å². The molecule has 0 unspecified atom stereocenters. The van der Waals surface area contributed by atoms with Crippen molar-refractivity contribution in [3.8, 4) is 11.5 Å². The van der Waals surface area contributed by atoms with Crippen molar-refractivity contribution in [3.05, 3.63) is 111 Å². The van der Waals surface area contributed by atoms with E-state index in [-0.39, 0.29) is 29.8 Å². The minimum atomic E-state index is -0.0187. The highest BCUT2D eigenvalue weighted by molar-refractivity contribution is 7.33. The maximum Gasteiger partial charge on any atom is 0.264 e. The lowest BCUT2D eigenvalue weighted by Crippen LogP contribution is -2.60. The van der Waals surface area contributed by atoms with Crippen LogP contribution >= 0.6 is 11.3 Å². The van der Waals surface area contributed by atoms with Crippen LogP contribution in [0.1, 0.15) is 107 Å². The summed E-state index contributed by atoms with van der Waals surface area (Å²) in [5.41, 5.74) is 20.4. The average Bonchev–Trinajstić information content (AvgIpc) is 3.73. The molecule has 0 saturated carbocycles. The van der Waals surface area contributed by atoms with Crippen LogP contribution in [0.2, 0.25) is 0 Å². The van der Waals surface area contributed by atoms with Crippen LogP contribution in [0.5, 0.6) is 11.5 Å². The molecule has 3 aliphatic rings. The van der Waals surface area contributed by atoms with Crippen molar-refractivity contribution in [3.63, 3.8) is 0 Å². The SMILES string of the molecule is Cc1cc2c3c(c1)N(c1c(C)cc(C(C)(C)C)cc1C)c1c(sc4ccc(C(C)(C)C)cc14)B3c1cc(C(C)(C)C)ccc1N2c1c(C)cc2c(c1C)OCO2. The number of ether oxygens (including phenoxy) is 2. The molecule has 1 aromatic heterocycles. The first-order chi connectivity index (χ1) is 26.2. The largest absolute Gasteiger partial charge is 0.454 e. The second-order valence-electron chi connectivity index (χ2n) is 19.7. The molecule has 0 radical (unpaired) electrons. The third kappa shape index (κ3) is 5.45. The zero-order valence-corrected chi connectivity index (χ0v) is 36.6. The summed E-state index contributed by atoms with van der Waals surface area (Å²) in [4.78, 5) is 5.21. The van der Waals surface area contributed by atoms with Gasteiger partial charge in [0, 0.05) is 37.5 Å². The highest BCUT2D eigenvalue weighted by Gasteiger charge is 2.47. The Bertz CT molecular complexity index is 2630. The van der Waals surface area contributed by atoms with Crippen molar-refractivity contribution < 1.29 is 9.47 Å². The van der Waals surface area contributed by atoms with Gasteiger partial charge in [-0.05, 0) is 137 Å². The van der Waals surface area contributed by atoms with Gasteiger partial charge in [-0.25, -0.2) is 0 Å². The molecule has 0 amide bonds. The summed E-state index contributed by atoms with van der Waals surface area (Å²) in [6.45, 7) is 32.6. The Labute approximate surface area is 338 Å². The molecule has 0 saturated heterocycles. The second kappa shape index (κ2) is 12.2. The monoisotopic (exact) mass is 758 g/mol. The number of hydrogen-bond donors (Lipinski definition) is 0. The van der Waals surface area contributed by atoms with E-state index in [1.54, 1.807) is 0 Å². The zero-order valence-electron chi connectivity index (χ0n) is 35.8. The molecule has 0 aliphatic carbocycles. The molecule has 4 heterocycles. The van der Waals surface area contributed by atoms with Gasteiger partial charge in [-0.2, -0.15) is 0 Å². The average molecular weight is 759 g/mol. The van der Waals surface area contributed by atoms with Gasteiger partial charge in [0.25, 0.3) is 6.71 Å². The summed E-state index contributed by atoms with van der Waals surface area (Å²) in [6, 6.07) is 26.4. The molecular formula is C50H55BN2O2S. The van der Waals surface area contributed by atoms with Gasteiger partial charge in [-0.15, -0.1) is 11.3 Å². The maximum absolute atomic E-state index is 6.15. The fourth-order valence-electron chi connectivity index (χ4n) is 9.47. The molecule has 286 valence electrons. The van der Waals surface area contributed by atoms with Crippen LogP contribution in [0.15, 0.2) is 66.7 Å². The van der Waals surface area contributed by atoms with Crippen LogP contribution in [-0.2, 0) is 16.2 Å². The first-order valence-electron chi connectivity index (χ1n) is 20.2. The molecule has 9 rings (SSSR count). The van der Waals surface area contributed by atoms with Gasteiger partial charge >= 0.3 is 0 Å². The standard InChI is InChI=1S/C50H55BN2O2S/c1-27-19-38-42-39(20-27)53(43-28(2)21-34(22-29(43)3)50(12,13)14)45-35-24-32(48(6,7)8)16-18-41(35)56-47(45)51(42)36-25-33(49(9,10)11)15-17-37(36)52(38)44-30(4)23-40-46(31(44)5)55-26-54-40/h15-25H,26H2,1-14H3. The van der Waals surface area contributed by atoms with E-state index < -0.39 is 0 Å². The highest BCUT2D eigenvalue weighted by atomic mass is 32.1. The lowest BCUT2D eigenvalue weighted by Gasteiger charge is -2.45. The minimum absolute atomic E-state index is 0.0181. The molecule has 5 aromatic carbocycles. The topological polar surface area (TPSA) is 24.9 Å². The molecule has 0 atom stereocenters. The molecule has 4 nitrogen and oxygen atoms in total. The number of hydrogen-bond acceptors (Lipinski definition) is 5. The lowest BCUT2D eigenvalue weighted by molar-refractivity contribution is 0.173. The Morgan fingerprint density at radius 1 is 0.571 bits per heavy atom. The highest BCUT2D eigenvalue weighted by Crippen LogP contribution is 2.53. The number of anilines is 6. The Balaban J connectivity index is 1.44. The van der Waals surface area contributed by atoms with E-state index >= 15 is 0 Å². The van der Waals surface area contributed by atoms with E-state index in [1.807, 2.05) is 11.3 Å². The van der Waals surface area contributed by atoms with Crippen molar-refractivity contribution in [1.82, 2.24) is 0 Å². The molecule has 3 aliphatic heterocycles. The van der Waals surface area contributed by atoms with Crippen molar-refractivity contribution in [2.24, 2.45) is 0 Å². The number of fused-ring (bicyclic) bond motifs is 7. The molecule has 0 fully saturated rings. The number of rotatable bonds is 2. The number of thiophene rings is 1. The van der Waals surface area contributed by atoms with Crippen LogP contribution < -0.4 is 35.0 Å². The van der Waals surface area contributed by atoms with Crippen LogP contribution in [0.3, 0.4) is 0 Å². The van der Waals surface area contributed by atoms with Crippen LogP contribution in [0.4, 0.5) is 34.1 Å². The molecule has 0 spiro atoms. The van der Waals surface area contributed by atoms with E-state index in [9.17, 15) is 0 Å². The first-order valence-corrected chi connectivity index (χ1v) is 21.0. The molecule has 0 bridgehead atoms. The predicted molar refractivity (Wildman–Crippen MR) is 242 cm³/mol. The number of benzene rings is 5. The summed E-state index contributed by atoms with van der Waals surface area (Å²) in [7, 11) is 0. The Kier molecular flexibility index (Phi) is 8.02. The van der Waals surface area contributed by atoms with Crippen LogP contribution in [0, 0.1) is 34.6 Å². The molecule has 6 aromatic rings. The summed E-state index contributed by atoms with van der Waals surface area (Å²) in [5.74, 6) is 1.67. The predicted octanol–water partition coefficient (Wildman–Crippen LogP) is 12.1. The minimum Gasteiger partial charge on any atom is -0.454 e.